The molecular weight excluding hydrogens is 893 g/mol. The van der Waals surface area contributed by atoms with Gasteiger partial charge in [0.1, 0.15) is 0 Å². The Morgan fingerprint density at radius 3 is 0.419 bits per heavy atom. The van der Waals surface area contributed by atoms with Gasteiger partial charge in [0.15, 0.2) is 0 Å². The van der Waals surface area contributed by atoms with Gasteiger partial charge in [0, 0.05) is 0 Å². The second-order valence-corrected chi connectivity index (χ2v) is 23.3. The molecule has 0 aromatic heterocycles. The molecule has 2 N–H and O–H groups in total. The van der Waals surface area contributed by atoms with Gasteiger partial charge < -0.3 is 10.6 Å². The van der Waals surface area contributed by atoms with Crippen LogP contribution in [0.15, 0.2) is 48.6 Å². The molecule has 0 aliphatic heterocycles. The van der Waals surface area contributed by atoms with Crippen molar-refractivity contribution < 1.29 is 0 Å². The van der Waals surface area contributed by atoms with Crippen LogP contribution in [0.3, 0.4) is 0 Å². The highest BCUT2D eigenvalue weighted by Gasteiger charge is 1.97. The van der Waals surface area contributed by atoms with Gasteiger partial charge >= 0.3 is 0 Å². The lowest BCUT2D eigenvalue weighted by atomic mass is 10.1. The summed E-state index contributed by atoms with van der Waals surface area (Å²) in [7, 11) is 0. The SMILES string of the molecule is CCCCCCCCC=CCCCCCCCCNCCCCCCCCC=CCCCCCCCC.CCCCCCCCC=CCCCCCCCCNCCCCCCCCC=CCCCCCCCC. The Bertz CT molecular complexity index is 878. The van der Waals surface area contributed by atoms with Crippen molar-refractivity contribution in [2.24, 2.45) is 0 Å². The molecule has 0 saturated heterocycles. The zero-order chi connectivity index (χ0) is 53.5. The molecule has 0 aromatic carbocycles. The van der Waals surface area contributed by atoms with Gasteiger partial charge in [-0.1, -0.05) is 307 Å². The first kappa shape index (κ1) is 75.0. The number of allylic oxidation sites excluding steroid dienone is 8. The fraction of sp³-hybridized carbons (Fsp3) is 0.889. The zero-order valence-electron chi connectivity index (χ0n) is 52.0. The van der Waals surface area contributed by atoms with Crippen LogP contribution in [0.1, 0.15) is 387 Å². The Morgan fingerprint density at radius 2 is 0.270 bits per heavy atom. The Kier molecular flexibility index (Phi) is 77.1. The van der Waals surface area contributed by atoms with Gasteiger partial charge in [-0.3, -0.25) is 0 Å². The van der Waals surface area contributed by atoms with Gasteiger partial charge in [-0.25, -0.2) is 0 Å². The van der Waals surface area contributed by atoms with Crippen LogP contribution in [-0.2, 0) is 0 Å². The van der Waals surface area contributed by atoms with Crippen molar-refractivity contribution in [1.82, 2.24) is 10.6 Å². The maximum Gasteiger partial charge on any atom is -0.00489 e. The quantitative estimate of drug-likeness (QED) is 0.0469. The van der Waals surface area contributed by atoms with E-state index in [9.17, 15) is 0 Å². The molecular formula is C72H142N2. The summed E-state index contributed by atoms with van der Waals surface area (Å²) in [5.41, 5.74) is 0. The van der Waals surface area contributed by atoms with Crippen LogP contribution in [-0.4, -0.2) is 26.2 Å². The molecule has 0 rings (SSSR count). The topological polar surface area (TPSA) is 24.1 Å². The molecule has 0 saturated carbocycles. The predicted octanol–water partition coefficient (Wildman–Crippen LogP) is 25.3. The third-order valence-corrected chi connectivity index (χ3v) is 15.5. The van der Waals surface area contributed by atoms with Crippen molar-refractivity contribution in [3.05, 3.63) is 48.6 Å². The van der Waals surface area contributed by atoms with Crippen LogP contribution >= 0.6 is 0 Å². The largest absolute Gasteiger partial charge is 0.317 e. The van der Waals surface area contributed by atoms with E-state index in [-0.39, 0.29) is 0 Å². The lowest BCUT2D eigenvalue weighted by Crippen LogP contribution is -2.16. The highest BCUT2D eigenvalue weighted by Crippen LogP contribution is 2.15. The average molecular weight is 1040 g/mol. The van der Waals surface area contributed by atoms with Crippen LogP contribution in [0.5, 0.6) is 0 Å². The molecule has 0 fully saturated rings. The summed E-state index contributed by atoms with van der Waals surface area (Å²) in [5, 5.41) is 7.33. The first-order chi connectivity index (χ1) is 36.8. The highest BCUT2D eigenvalue weighted by atomic mass is 14.8. The third kappa shape index (κ3) is 77.4. The number of hydrogen-bond acceptors (Lipinski definition) is 2. The Balaban J connectivity index is 0. The minimum atomic E-state index is 1.23. The van der Waals surface area contributed by atoms with Gasteiger partial charge in [0.2, 0.25) is 0 Å². The monoisotopic (exact) mass is 1040 g/mol. The maximum atomic E-state index is 3.67. The van der Waals surface area contributed by atoms with Crippen LogP contribution in [0, 0.1) is 0 Å². The van der Waals surface area contributed by atoms with E-state index in [0.29, 0.717) is 0 Å². The van der Waals surface area contributed by atoms with Crippen molar-refractivity contribution in [2.45, 2.75) is 387 Å². The fourth-order valence-corrected chi connectivity index (χ4v) is 10.2. The van der Waals surface area contributed by atoms with Crippen LogP contribution in [0.25, 0.3) is 0 Å². The smallest absolute Gasteiger partial charge is 0.00489 e. The van der Waals surface area contributed by atoms with Crippen LogP contribution < -0.4 is 10.6 Å². The van der Waals surface area contributed by atoms with Gasteiger partial charge in [-0.05, 0) is 155 Å². The number of hydrogen-bond donors (Lipinski definition) is 2. The maximum absolute atomic E-state index is 3.67. The molecule has 0 aliphatic carbocycles. The van der Waals surface area contributed by atoms with Crippen molar-refractivity contribution in [2.75, 3.05) is 26.2 Å². The molecule has 0 spiro atoms. The van der Waals surface area contributed by atoms with Crippen molar-refractivity contribution in [3.63, 3.8) is 0 Å². The highest BCUT2D eigenvalue weighted by molar-refractivity contribution is 4.83. The summed E-state index contributed by atoms with van der Waals surface area (Å²) >= 11 is 0. The number of unbranched alkanes of at least 4 members (excludes halogenated alkanes) is 48. The Hall–Kier alpha value is -1.12. The summed E-state index contributed by atoms with van der Waals surface area (Å²) in [5.74, 6) is 0. The minimum absolute atomic E-state index is 1.23. The molecule has 0 bridgehead atoms. The van der Waals surface area contributed by atoms with Crippen molar-refractivity contribution in [3.8, 4) is 0 Å². The van der Waals surface area contributed by atoms with Crippen molar-refractivity contribution >= 4 is 0 Å². The van der Waals surface area contributed by atoms with E-state index in [1.807, 2.05) is 0 Å². The molecule has 0 heterocycles. The van der Waals surface area contributed by atoms with Gasteiger partial charge in [-0.2, -0.15) is 0 Å². The van der Waals surface area contributed by atoms with Gasteiger partial charge in [0.05, 0.1) is 0 Å². The lowest BCUT2D eigenvalue weighted by Gasteiger charge is -2.05. The van der Waals surface area contributed by atoms with E-state index in [2.05, 4.69) is 86.9 Å². The first-order valence-electron chi connectivity index (χ1n) is 34.8. The average Bonchev–Trinajstić information content (AvgIpc) is 3.41. The summed E-state index contributed by atoms with van der Waals surface area (Å²) in [6, 6.07) is 0. The van der Waals surface area contributed by atoms with E-state index < -0.39 is 0 Å². The molecule has 74 heavy (non-hydrogen) atoms. The second kappa shape index (κ2) is 76.1. The molecule has 0 amide bonds. The molecule has 0 atom stereocenters. The standard InChI is InChI=1S/2C36H71N/c2*1-3-5-7-9-11-13-15-17-19-21-23-25-27-29-31-33-35-37-36-34-32-30-28-26-24-22-20-18-16-14-12-10-8-6-4-2/h2*17-20,37H,3-16,21-36H2,1-2H3. The van der Waals surface area contributed by atoms with Crippen LogP contribution in [0.4, 0.5) is 0 Å². The fourth-order valence-electron chi connectivity index (χ4n) is 10.2. The van der Waals surface area contributed by atoms with Gasteiger partial charge in [0.25, 0.3) is 0 Å². The third-order valence-electron chi connectivity index (χ3n) is 15.5. The molecule has 0 aromatic rings. The second-order valence-electron chi connectivity index (χ2n) is 23.3. The summed E-state index contributed by atoms with van der Waals surface area (Å²) in [4.78, 5) is 0. The van der Waals surface area contributed by atoms with E-state index in [1.54, 1.807) is 0 Å². The predicted molar refractivity (Wildman–Crippen MR) is 344 cm³/mol. The minimum Gasteiger partial charge on any atom is -0.317 e. The van der Waals surface area contributed by atoms with E-state index >= 15 is 0 Å². The van der Waals surface area contributed by atoms with Crippen LogP contribution in [0.2, 0.25) is 0 Å². The van der Waals surface area contributed by atoms with Gasteiger partial charge in [-0.15, -0.1) is 0 Å². The molecule has 0 unspecified atom stereocenters. The Morgan fingerprint density at radius 1 is 0.149 bits per heavy atom. The lowest BCUT2D eigenvalue weighted by molar-refractivity contribution is 0.539. The molecule has 2 nitrogen and oxygen atoms in total. The molecule has 0 aliphatic rings. The normalized spacial score (nSPS) is 11.9. The Labute approximate surface area is 470 Å². The summed E-state index contributed by atoms with van der Waals surface area (Å²) in [6.45, 7) is 14.1. The van der Waals surface area contributed by atoms with Crippen molar-refractivity contribution in [1.29, 1.82) is 0 Å². The summed E-state index contributed by atoms with van der Waals surface area (Å²) in [6.07, 6.45) is 97.6. The van der Waals surface area contributed by atoms with E-state index in [4.69, 9.17) is 0 Å². The summed E-state index contributed by atoms with van der Waals surface area (Å²) < 4.78 is 0. The van der Waals surface area contributed by atoms with E-state index in [1.165, 1.54) is 386 Å². The zero-order valence-corrected chi connectivity index (χ0v) is 52.0. The van der Waals surface area contributed by atoms with E-state index in [0.717, 1.165) is 0 Å². The number of rotatable bonds is 64. The number of nitrogens with one attached hydrogen (secondary N) is 2. The molecule has 0 radical (unpaired) electrons. The molecule has 2 heteroatoms. The molecule has 440 valence electrons. The first-order valence-corrected chi connectivity index (χ1v) is 34.8.